The lowest BCUT2D eigenvalue weighted by molar-refractivity contribution is -0.139. The van der Waals surface area contributed by atoms with Crippen LogP contribution >= 0.6 is 0 Å². The molecule has 1 amide bonds. The minimum Gasteiger partial charge on any atom is -0.462 e. The number of rotatable bonds is 5. The summed E-state index contributed by atoms with van der Waals surface area (Å²) in [6.07, 6.45) is 0.794. The number of benzene rings is 1. The van der Waals surface area contributed by atoms with Crippen molar-refractivity contribution in [2.45, 2.75) is 20.3 Å². The molecule has 0 atom stereocenters. The van der Waals surface area contributed by atoms with Gasteiger partial charge in [-0.25, -0.2) is 4.79 Å². The van der Waals surface area contributed by atoms with Gasteiger partial charge in [0.1, 0.15) is 5.57 Å². The number of para-hydroxylation sites is 1. The molecule has 1 aromatic rings. The number of hydrogen-bond acceptors (Lipinski definition) is 3. The first-order valence-corrected chi connectivity index (χ1v) is 5.85. The van der Waals surface area contributed by atoms with Crippen LogP contribution < -0.4 is 5.32 Å². The van der Waals surface area contributed by atoms with Crippen LogP contribution in [0.2, 0.25) is 0 Å². The lowest BCUT2D eigenvalue weighted by Crippen LogP contribution is -2.21. The summed E-state index contributed by atoms with van der Waals surface area (Å²) in [6.45, 7) is 7.32. The van der Waals surface area contributed by atoms with E-state index in [0.717, 1.165) is 12.0 Å². The summed E-state index contributed by atoms with van der Waals surface area (Å²) in [7, 11) is 0. The first-order chi connectivity index (χ1) is 8.60. The molecule has 0 unspecified atom stereocenters. The van der Waals surface area contributed by atoms with Crippen molar-refractivity contribution in [1.29, 1.82) is 0 Å². The minimum atomic E-state index is -0.691. The number of aryl methyl sites for hydroxylation is 1. The summed E-state index contributed by atoms with van der Waals surface area (Å²) in [5, 5.41) is 2.66. The quantitative estimate of drug-likeness (QED) is 0.376. The topological polar surface area (TPSA) is 55.4 Å². The van der Waals surface area contributed by atoms with E-state index < -0.39 is 11.9 Å². The fourth-order valence-corrected chi connectivity index (χ4v) is 1.46. The summed E-state index contributed by atoms with van der Waals surface area (Å²) in [4.78, 5) is 23.1. The Morgan fingerprint density at radius 3 is 2.56 bits per heavy atom. The molecule has 0 aliphatic heterocycles. The Labute approximate surface area is 107 Å². The molecule has 0 aliphatic carbocycles. The number of carbonyl (C=O) groups is 2. The van der Waals surface area contributed by atoms with Gasteiger partial charge in [0.15, 0.2) is 0 Å². The highest BCUT2D eigenvalue weighted by Crippen LogP contribution is 2.16. The molecule has 4 heteroatoms. The number of carbonyl (C=O) groups excluding carboxylic acids is 2. The predicted molar refractivity (Wildman–Crippen MR) is 70.2 cm³/mol. The number of nitrogens with one attached hydrogen (secondary N) is 1. The lowest BCUT2D eigenvalue weighted by atomic mass is 10.1. The molecule has 96 valence electrons. The molecule has 4 nitrogen and oxygen atoms in total. The van der Waals surface area contributed by atoms with E-state index >= 15 is 0 Å². The van der Waals surface area contributed by atoms with Crippen molar-refractivity contribution in [2.24, 2.45) is 0 Å². The average Bonchev–Trinajstić information content (AvgIpc) is 2.38. The molecular formula is C14H17NO3. The summed E-state index contributed by atoms with van der Waals surface area (Å²) in [5.41, 5.74) is 1.50. The third-order valence-corrected chi connectivity index (χ3v) is 2.44. The van der Waals surface area contributed by atoms with Crippen LogP contribution in [0.15, 0.2) is 36.4 Å². The van der Waals surface area contributed by atoms with Gasteiger partial charge < -0.3 is 10.1 Å². The number of anilines is 1. The molecule has 0 radical (unpaired) electrons. The van der Waals surface area contributed by atoms with Gasteiger partial charge in [-0.3, -0.25) is 4.79 Å². The molecule has 0 aromatic heterocycles. The van der Waals surface area contributed by atoms with Crippen molar-refractivity contribution in [3.8, 4) is 0 Å². The van der Waals surface area contributed by atoms with Crippen molar-refractivity contribution in [2.75, 3.05) is 11.9 Å². The van der Waals surface area contributed by atoms with Gasteiger partial charge in [0.2, 0.25) is 0 Å². The summed E-state index contributed by atoms with van der Waals surface area (Å²) >= 11 is 0. The fraction of sp³-hybridized carbons (Fsp3) is 0.286. The van der Waals surface area contributed by atoms with Gasteiger partial charge in [-0.2, -0.15) is 0 Å². The van der Waals surface area contributed by atoms with Crippen LogP contribution in [0.25, 0.3) is 0 Å². The number of ether oxygens (including phenoxy) is 1. The molecule has 0 heterocycles. The molecule has 0 spiro atoms. The van der Waals surface area contributed by atoms with E-state index in [1.54, 1.807) is 13.0 Å². The monoisotopic (exact) mass is 247 g/mol. The van der Waals surface area contributed by atoms with Crippen molar-refractivity contribution in [1.82, 2.24) is 0 Å². The molecule has 1 rings (SSSR count). The van der Waals surface area contributed by atoms with E-state index in [1.807, 2.05) is 25.1 Å². The SMILES string of the molecule is C=C(C(=O)Nc1ccccc1CC)C(=O)OCC. The second kappa shape index (κ2) is 6.59. The Bertz CT molecular complexity index is 466. The van der Waals surface area contributed by atoms with Crippen molar-refractivity contribution >= 4 is 17.6 Å². The van der Waals surface area contributed by atoms with Gasteiger partial charge in [0.05, 0.1) is 6.61 Å². The first-order valence-electron chi connectivity index (χ1n) is 5.85. The zero-order chi connectivity index (χ0) is 13.5. The van der Waals surface area contributed by atoms with E-state index in [4.69, 9.17) is 4.74 Å². The Balaban J connectivity index is 2.75. The molecular weight excluding hydrogens is 230 g/mol. The van der Waals surface area contributed by atoms with Gasteiger partial charge in [-0.1, -0.05) is 31.7 Å². The smallest absolute Gasteiger partial charge is 0.343 e. The van der Waals surface area contributed by atoms with Crippen LogP contribution in [-0.2, 0) is 20.7 Å². The lowest BCUT2D eigenvalue weighted by Gasteiger charge is -2.10. The van der Waals surface area contributed by atoms with Gasteiger partial charge >= 0.3 is 5.97 Å². The maximum atomic E-state index is 11.8. The Hall–Kier alpha value is -2.10. The zero-order valence-corrected chi connectivity index (χ0v) is 10.7. The number of hydrogen-bond donors (Lipinski definition) is 1. The Morgan fingerprint density at radius 1 is 1.28 bits per heavy atom. The molecule has 0 saturated heterocycles. The van der Waals surface area contributed by atoms with E-state index in [-0.39, 0.29) is 12.2 Å². The van der Waals surface area contributed by atoms with Crippen LogP contribution in [-0.4, -0.2) is 18.5 Å². The molecule has 1 N–H and O–H groups in total. The molecule has 0 aliphatic rings. The van der Waals surface area contributed by atoms with Crippen LogP contribution in [0.5, 0.6) is 0 Å². The van der Waals surface area contributed by atoms with Crippen LogP contribution in [0.3, 0.4) is 0 Å². The highest BCUT2D eigenvalue weighted by Gasteiger charge is 2.17. The molecule has 0 bridgehead atoms. The van der Waals surface area contributed by atoms with Gasteiger partial charge in [0, 0.05) is 5.69 Å². The van der Waals surface area contributed by atoms with Gasteiger partial charge in [-0.05, 0) is 25.0 Å². The maximum absolute atomic E-state index is 11.8. The highest BCUT2D eigenvalue weighted by molar-refractivity contribution is 6.20. The van der Waals surface area contributed by atoms with E-state index in [0.29, 0.717) is 5.69 Å². The normalized spacial score (nSPS) is 9.67. The molecule has 0 saturated carbocycles. The Morgan fingerprint density at radius 2 is 1.94 bits per heavy atom. The van der Waals surface area contributed by atoms with Crippen molar-refractivity contribution in [3.05, 3.63) is 42.0 Å². The summed E-state index contributed by atoms with van der Waals surface area (Å²) < 4.78 is 4.72. The van der Waals surface area contributed by atoms with Crippen LogP contribution in [0, 0.1) is 0 Å². The number of amides is 1. The molecule has 0 fully saturated rings. The second-order valence-electron chi connectivity index (χ2n) is 3.66. The predicted octanol–water partition coefficient (Wildman–Crippen LogP) is 2.31. The third kappa shape index (κ3) is 3.45. The number of esters is 1. The van der Waals surface area contributed by atoms with Crippen LogP contribution in [0.4, 0.5) is 5.69 Å². The summed E-state index contributed by atoms with van der Waals surface area (Å²) in [6, 6.07) is 7.43. The van der Waals surface area contributed by atoms with E-state index in [2.05, 4.69) is 11.9 Å². The first kappa shape index (κ1) is 14.0. The van der Waals surface area contributed by atoms with E-state index in [1.165, 1.54) is 0 Å². The van der Waals surface area contributed by atoms with Crippen LogP contribution in [0.1, 0.15) is 19.4 Å². The minimum absolute atomic E-state index is 0.192. The fourth-order valence-electron chi connectivity index (χ4n) is 1.46. The highest BCUT2D eigenvalue weighted by atomic mass is 16.5. The standard InChI is InChI=1S/C14H17NO3/c1-4-11-8-6-7-9-12(11)15-13(16)10(3)14(17)18-5-2/h6-9H,3-5H2,1-2H3,(H,15,16). The average molecular weight is 247 g/mol. The molecule has 18 heavy (non-hydrogen) atoms. The second-order valence-corrected chi connectivity index (χ2v) is 3.66. The Kier molecular flexibility index (Phi) is 5.11. The summed E-state index contributed by atoms with van der Waals surface area (Å²) in [5.74, 6) is -1.22. The zero-order valence-electron chi connectivity index (χ0n) is 10.7. The van der Waals surface area contributed by atoms with Crippen molar-refractivity contribution < 1.29 is 14.3 Å². The van der Waals surface area contributed by atoms with Crippen molar-refractivity contribution in [3.63, 3.8) is 0 Å². The third-order valence-electron chi connectivity index (χ3n) is 2.44. The van der Waals surface area contributed by atoms with Gasteiger partial charge in [0.25, 0.3) is 5.91 Å². The largest absolute Gasteiger partial charge is 0.462 e. The maximum Gasteiger partial charge on any atom is 0.343 e. The van der Waals surface area contributed by atoms with Gasteiger partial charge in [-0.15, -0.1) is 0 Å². The van der Waals surface area contributed by atoms with E-state index in [9.17, 15) is 9.59 Å². The molecule has 1 aromatic carbocycles.